The van der Waals surface area contributed by atoms with Crippen molar-refractivity contribution in [2.24, 2.45) is 16.3 Å². The molecule has 0 spiro atoms. The van der Waals surface area contributed by atoms with E-state index in [1.807, 2.05) is 4.90 Å². The summed E-state index contributed by atoms with van der Waals surface area (Å²) in [6.45, 7) is 2.68. The lowest BCUT2D eigenvalue weighted by molar-refractivity contribution is -0.240. The van der Waals surface area contributed by atoms with E-state index in [4.69, 9.17) is 0 Å². The minimum Gasteiger partial charge on any atom is -0.365 e. The van der Waals surface area contributed by atoms with E-state index in [1.54, 1.807) is 0 Å². The average molecular weight is 271 g/mol. The molecule has 3 aliphatic carbocycles. The van der Waals surface area contributed by atoms with Crippen LogP contribution in [0.25, 0.3) is 0 Å². The molecule has 3 saturated carbocycles. The maximum Gasteiger partial charge on any atom is 0.434 e. The molecule has 0 amide bonds. The summed E-state index contributed by atoms with van der Waals surface area (Å²) in [4.78, 5) is 5.35. The topological polar surface area (TPSA) is 27.6 Å². The third kappa shape index (κ3) is 1.46. The predicted molar refractivity (Wildman–Crippen MR) is 64.7 cm³/mol. The standard InChI is InChI=1S/C13H16F3N3/c14-13(15,16)10-5-19(2-1-18-10)12-6-11(7-12,8-12)9-3-17-4-9/h1,5,9,17H,2-4,6-8H2. The number of aliphatic imine (C=N–C) groups is 1. The van der Waals surface area contributed by atoms with Gasteiger partial charge in [0.15, 0.2) is 5.70 Å². The van der Waals surface area contributed by atoms with Gasteiger partial charge in [0.25, 0.3) is 0 Å². The highest BCUT2D eigenvalue weighted by Crippen LogP contribution is 2.73. The van der Waals surface area contributed by atoms with Gasteiger partial charge in [0.1, 0.15) is 0 Å². The number of nitrogens with zero attached hydrogens (tertiary/aromatic N) is 2. The van der Waals surface area contributed by atoms with Crippen molar-refractivity contribution >= 4 is 6.21 Å². The maximum atomic E-state index is 12.7. The van der Waals surface area contributed by atoms with E-state index in [1.165, 1.54) is 12.4 Å². The van der Waals surface area contributed by atoms with Crippen LogP contribution in [-0.4, -0.2) is 42.5 Å². The van der Waals surface area contributed by atoms with Gasteiger partial charge in [0, 0.05) is 18.0 Å². The minimum absolute atomic E-state index is 0.00146. The summed E-state index contributed by atoms with van der Waals surface area (Å²) in [5, 5.41) is 3.28. The first-order valence-electron chi connectivity index (χ1n) is 6.73. The predicted octanol–water partition coefficient (Wildman–Crippen LogP) is 1.92. The number of halogens is 3. The Labute approximate surface area is 109 Å². The maximum absolute atomic E-state index is 12.7. The van der Waals surface area contributed by atoms with Gasteiger partial charge in [-0.3, -0.25) is 4.99 Å². The number of allylic oxidation sites excluding steroid dienone is 1. The third-order valence-corrected chi connectivity index (χ3v) is 5.38. The van der Waals surface area contributed by atoms with Crippen molar-refractivity contribution in [1.82, 2.24) is 10.2 Å². The van der Waals surface area contributed by atoms with Crippen LogP contribution < -0.4 is 5.32 Å². The molecule has 0 aromatic heterocycles. The van der Waals surface area contributed by atoms with E-state index in [-0.39, 0.29) is 5.54 Å². The molecule has 2 heterocycles. The fourth-order valence-corrected chi connectivity index (χ4v) is 4.21. The van der Waals surface area contributed by atoms with Gasteiger partial charge in [-0.25, -0.2) is 0 Å². The molecule has 19 heavy (non-hydrogen) atoms. The highest BCUT2D eigenvalue weighted by Gasteiger charge is 2.72. The Morgan fingerprint density at radius 2 is 1.95 bits per heavy atom. The van der Waals surface area contributed by atoms with E-state index in [0.29, 0.717) is 12.0 Å². The third-order valence-electron chi connectivity index (χ3n) is 5.38. The van der Waals surface area contributed by atoms with Gasteiger partial charge in [-0.05, 0) is 43.7 Å². The Morgan fingerprint density at radius 1 is 1.26 bits per heavy atom. The van der Waals surface area contributed by atoms with Gasteiger partial charge in [0.2, 0.25) is 0 Å². The Hall–Kier alpha value is -1.04. The van der Waals surface area contributed by atoms with E-state index < -0.39 is 11.9 Å². The lowest BCUT2D eigenvalue weighted by atomic mass is 9.34. The molecule has 0 atom stereocenters. The molecule has 5 aliphatic rings. The Balaban J connectivity index is 1.48. The molecular formula is C13H16F3N3. The lowest BCUT2D eigenvalue weighted by Gasteiger charge is -2.77. The zero-order chi connectivity index (χ0) is 13.3. The molecule has 6 heteroatoms. The second kappa shape index (κ2) is 3.34. The summed E-state index contributed by atoms with van der Waals surface area (Å²) in [6.07, 6.45) is 1.45. The fraction of sp³-hybridized carbons (Fsp3) is 0.769. The second-order valence-electron chi connectivity index (χ2n) is 6.45. The number of hydrogen-bond acceptors (Lipinski definition) is 3. The van der Waals surface area contributed by atoms with Crippen LogP contribution in [-0.2, 0) is 0 Å². The zero-order valence-corrected chi connectivity index (χ0v) is 10.5. The largest absolute Gasteiger partial charge is 0.434 e. The summed E-state index contributed by atoms with van der Waals surface area (Å²) in [6, 6.07) is 0. The van der Waals surface area contributed by atoms with Gasteiger partial charge < -0.3 is 10.2 Å². The van der Waals surface area contributed by atoms with Crippen molar-refractivity contribution in [3.05, 3.63) is 11.9 Å². The highest BCUT2D eigenvalue weighted by atomic mass is 19.4. The summed E-state index contributed by atoms with van der Waals surface area (Å²) in [7, 11) is 0. The van der Waals surface area contributed by atoms with Crippen molar-refractivity contribution < 1.29 is 13.2 Å². The normalized spacial score (nSPS) is 41.2. The number of alkyl halides is 3. The van der Waals surface area contributed by atoms with Crippen LogP contribution >= 0.6 is 0 Å². The molecule has 0 aromatic carbocycles. The van der Waals surface area contributed by atoms with E-state index in [2.05, 4.69) is 10.3 Å². The molecule has 0 radical (unpaired) electrons. The van der Waals surface area contributed by atoms with Gasteiger partial charge in [0.05, 0.1) is 6.54 Å². The van der Waals surface area contributed by atoms with Crippen molar-refractivity contribution in [3.63, 3.8) is 0 Å². The van der Waals surface area contributed by atoms with Crippen LogP contribution in [0.5, 0.6) is 0 Å². The minimum atomic E-state index is -4.34. The van der Waals surface area contributed by atoms with E-state index in [9.17, 15) is 13.2 Å². The molecule has 104 valence electrons. The smallest absolute Gasteiger partial charge is 0.365 e. The monoisotopic (exact) mass is 271 g/mol. The SMILES string of the molecule is FC(F)(F)C1=CN(C23CC(C4CNC4)(C2)C3)CC=N1. The number of rotatable bonds is 2. The Morgan fingerprint density at radius 3 is 2.47 bits per heavy atom. The first-order chi connectivity index (χ1) is 8.94. The molecule has 5 rings (SSSR count). The fourth-order valence-electron chi connectivity index (χ4n) is 4.21. The zero-order valence-electron chi connectivity index (χ0n) is 10.5. The molecule has 0 unspecified atom stereocenters. The van der Waals surface area contributed by atoms with Crippen LogP contribution in [0.2, 0.25) is 0 Å². The molecule has 2 bridgehead atoms. The molecule has 4 fully saturated rings. The first-order valence-corrected chi connectivity index (χ1v) is 6.73. The molecule has 0 aromatic rings. The van der Waals surface area contributed by atoms with Gasteiger partial charge in [-0.15, -0.1) is 0 Å². The summed E-state index contributed by atoms with van der Waals surface area (Å²) in [5.74, 6) is 0.749. The summed E-state index contributed by atoms with van der Waals surface area (Å²) < 4.78 is 38.1. The highest BCUT2D eigenvalue weighted by molar-refractivity contribution is 5.64. The van der Waals surface area contributed by atoms with Crippen molar-refractivity contribution in [2.45, 2.75) is 31.0 Å². The second-order valence-corrected chi connectivity index (χ2v) is 6.45. The molecule has 1 saturated heterocycles. The Bertz CT molecular complexity index is 456. The van der Waals surface area contributed by atoms with E-state index in [0.717, 1.165) is 38.3 Å². The lowest BCUT2D eigenvalue weighted by Crippen LogP contribution is -2.78. The molecule has 2 aliphatic heterocycles. The van der Waals surface area contributed by atoms with Crippen LogP contribution in [0.15, 0.2) is 16.9 Å². The molecular weight excluding hydrogens is 255 g/mol. The quantitative estimate of drug-likeness (QED) is 0.831. The molecule has 3 nitrogen and oxygen atoms in total. The summed E-state index contributed by atoms with van der Waals surface area (Å²) in [5.41, 5.74) is -0.326. The van der Waals surface area contributed by atoms with Crippen LogP contribution in [0.3, 0.4) is 0 Å². The van der Waals surface area contributed by atoms with Crippen molar-refractivity contribution in [1.29, 1.82) is 0 Å². The first kappa shape index (κ1) is 11.8. The van der Waals surface area contributed by atoms with Gasteiger partial charge in [-0.2, -0.15) is 13.2 Å². The van der Waals surface area contributed by atoms with Crippen molar-refractivity contribution in [3.8, 4) is 0 Å². The number of hydrogen-bond donors (Lipinski definition) is 1. The van der Waals surface area contributed by atoms with Crippen LogP contribution in [0.1, 0.15) is 19.3 Å². The van der Waals surface area contributed by atoms with Gasteiger partial charge in [-0.1, -0.05) is 0 Å². The van der Waals surface area contributed by atoms with Crippen molar-refractivity contribution in [2.75, 3.05) is 19.6 Å². The molecule has 1 N–H and O–H groups in total. The van der Waals surface area contributed by atoms with Gasteiger partial charge >= 0.3 is 6.18 Å². The Kier molecular flexibility index (Phi) is 2.07. The van der Waals surface area contributed by atoms with Crippen LogP contribution in [0.4, 0.5) is 13.2 Å². The van der Waals surface area contributed by atoms with E-state index >= 15 is 0 Å². The average Bonchev–Trinajstić information content (AvgIpc) is 2.17. The summed E-state index contributed by atoms with van der Waals surface area (Å²) >= 11 is 0. The van der Waals surface area contributed by atoms with Crippen LogP contribution in [0, 0.1) is 11.3 Å². The number of nitrogens with one attached hydrogen (secondary N) is 1.